The fourth-order valence-electron chi connectivity index (χ4n) is 3.52. The summed E-state index contributed by atoms with van der Waals surface area (Å²) in [6, 6.07) is 33.4. The van der Waals surface area contributed by atoms with Crippen molar-refractivity contribution in [2.75, 3.05) is 6.16 Å². The molecule has 0 N–H and O–H groups in total. The molecule has 0 radical (unpaired) electrons. The first-order valence-corrected chi connectivity index (χ1v) is 11.7. The van der Waals surface area contributed by atoms with Crippen molar-refractivity contribution in [1.29, 1.82) is 0 Å². The molecule has 0 saturated carbocycles. The number of hydrogen-bond acceptors (Lipinski definition) is 0. The van der Waals surface area contributed by atoms with Crippen LogP contribution in [-0.2, 0) is 0 Å². The number of benzene rings is 3. The van der Waals surface area contributed by atoms with Crippen LogP contribution in [0.2, 0.25) is 0 Å². The summed E-state index contributed by atoms with van der Waals surface area (Å²) in [5.74, 6) is 0. The normalized spacial score (nSPS) is 13.4. The van der Waals surface area contributed by atoms with Gasteiger partial charge in [0.25, 0.3) is 0 Å². The maximum absolute atomic E-state index is 3.77. The second-order valence-electron chi connectivity index (χ2n) is 6.32. The maximum atomic E-state index is 3.77. The molecule has 0 aliphatic rings. The first-order chi connectivity index (χ1) is 11.7. The summed E-state index contributed by atoms with van der Waals surface area (Å²) >= 11 is 3.77. The number of rotatable bonds is 6. The number of hydrogen-bond donors (Lipinski definition) is 0. The summed E-state index contributed by atoms with van der Waals surface area (Å²) in [4.78, 5) is 0.528. The van der Waals surface area contributed by atoms with Gasteiger partial charge in [-0.2, -0.15) is 0 Å². The summed E-state index contributed by atoms with van der Waals surface area (Å²) in [6.07, 6.45) is 2.38. The zero-order chi connectivity index (χ0) is 16.8. The van der Waals surface area contributed by atoms with Gasteiger partial charge >= 0.3 is 154 Å². The van der Waals surface area contributed by atoms with Crippen molar-refractivity contribution in [2.45, 2.75) is 18.2 Å². The Balaban J connectivity index is 2.24. The van der Waals surface area contributed by atoms with Crippen LogP contribution in [0.3, 0.4) is 0 Å². The molecule has 1 unspecified atom stereocenters. The van der Waals surface area contributed by atoms with Gasteiger partial charge < -0.3 is 0 Å². The van der Waals surface area contributed by atoms with Gasteiger partial charge in [-0.3, -0.25) is 0 Å². The summed E-state index contributed by atoms with van der Waals surface area (Å²) < 4.78 is 0. The van der Waals surface area contributed by atoms with Crippen LogP contribution in [0.25, 0.3) is 0 Å². The summed E-state index contributed by atoms with van der Waals surface area (Å²) in [5.41, 5.74) is 0. The fourth-order valence-corrected chi connectivity index (χ4v) is 9.18. The van der Waals surface area contributed by atoms with Crippen molar-refractivity contribution >= 4 is 39.1 Å². The van der Waals surface area contributed by atoms with Gasteiger partial charge in [-0.25, -0.2) is 0 Å². The Morgan fingerprint density at radius 1 is 0.667 bits per heavy atom. The second kappa shape index (κ2) is 8.10. The van der Waals surface area contributed by atoms with Crippen LogP contribution in [0.1, 0.15) is 13.3 Å². The molecule has 0 heterocycles. The number of alkyl halides is 1. The SMILES string of the molecule is CC(Br)CC[PH](c1ccccc1)(c1ccccc1)c1ccccc1. The Bertz CT molecular complexity index is 642. The van der Waals surface area contributed by atoms with Crippen LogP contribution in [0.4, 0.5) is 0 Å². The first-order valence-electron chi connectivity index (χ1n) is 8.54. The van der Waals surface area contributed by atoms with Crippen LogP contribution >= 0.6 is 23.2 Å². The van der Waals surface area contributed by atoms with Crippen LogP contribution in [-0.4, -0.2) is 11.0 Å². The molecule has 3 aromatic carbocycles. The third-order valence-corrected chi connectivity index (χ3v) is 10.2. The molecule has 0 aliphatic carbocycles. The van der Waals surface area contributed by atoms with Crippen LogP contribution in [0, 0.1) is 0 Å². The van der Waals surface area contributed by atoms with E-state index in [0.717, 1.165) is 0 Å². The van der Waals surface area contributed by atoms with Crippen molar-refractivity contribution in [2.24, 2.45) is 0 Å². The molecular formula is C22H24BrP. The zero-order valence-electron chi connectivity index (χ0n) is 14.0. The zero-order valence-corrected chi connectivity index (χ0v) is 16.6. The van der Waals surface area contributed by atoms with Crippen LogP contribution < -0.4 is 15.9 Å². The minimum absolute atomic E-state index is 0.528. The van der Waals surface area contributed by atoms with E-state index in [1.807, 2.05) is 0 Å². The molecule has 0 bridgehead atoms. The molecule has 0 nitrogen and oxygen atoms in total. The average Bonchev–Trinajstić information content (AvgIpc) is 2.65. The molecule has 0 spiro atoms. The molecule has 3 rings (SSSR count). The first kappa shape index (κ1) is 17.4. The molecule has 0 saturated heterocycles. The van der Waals surface area contributed by atoms with Crippen LogP contribution in [0.5, 0.6) is 0 Å². The Morgan fingerprint density at radius 3 is 1.29 bits per heavy atom. The predicted molar refractivity (Wildman–Crippen MR) is 114 cm³/mol. The van der Waals surface area contributed by atoms with E-state index in [0.29, 0.717) is 4.83 Å². The van der Waals surface area contributed by atoms with Gasteiger partial charge in [0.2, 0.25) is 0 Å². The molecular weight excluding hydrogens is 375 g/mol. The quantitative estimate of drug-likeness (QED) is 0.409. The Labute approximate surface area is 154 Å². The van der Waals surface area contributed by atoms with Gasteiger partial charge in [-0.15, -0.1) is 0 Å². The van der Waals surface area contributed by atoms with E-state index < -0.39 is 7.26 Å². The van der Waals surface area contributed by atoms with Crippen molar-refractivity contribution < 1.29 is 0 Å². The summed E-state index contributed by atoms with van der Waals surface area (Å²) in [5, 5.41) is 4.49. The van der Waals surface area contributed by atoms with Crippen molar-refractivity contribution in [3.8, 4) is 0 Å². The van der Waals surface area contributed by atoms with Crippen molar-refractivity contribution in [3.05, 3.63) is 91.0 Å². The van der Waals surface area contributed by atoms with Gasteiger partial charge in [0.15, 0.2) is 0 Å². The molecule has 0 aromatic heterocycles. The van der Waals surface area contributed by atoms with E-state index in [1.165, 1.54) is 28.5 Å². The third kappa shape index (κ3) is 3.63. The van der Waals surface area contributed by atoms with E-state index in [1.54, 1.807) is 0 Å². The summed E-state index contributed by atoms with van der Waals surface area (Å²) in [7, 11) is -2.02. The third-order valence-electron chi connectivity index (χ3n) is 4.72. The predicted octanol–water partition coefficient (Wildman–Crippen LogP) is 4.89. The molecule has 1 atom stereocenters. The fraction of sp³-hybridized carbons (Fsp3) is 0.182. The van der Waals surface area contributed by atoms with Gasteiger partial charge in [0.1, 0.15) is 0 Å². The van der Waals surface area contributed by atoms with Gasteiger partial charge in [0.05, 0.1) is 0 Å². The topological polar surface area (TPSA) is 0 Å². The van der Waals surface area contributed by atoms with Crippen molar-refractivity contribution in [1.82, 2.24) is 0 Å². The van der Waals surface area contributed by atoms with Gasteiger partial charge in [0, 0.05) is 0 Å². The van der Waals surface area contributed by atoms with Crippen LogP contribution in [0.15, 0.2) is 91.0 Å². The van der Waals surface area contributed by atoms with E-state index in [4.69, 9.17) is 0 Å². The van der Waals surface area contributed by atoms with Gasteiger partial charge in [-0.05, 0) is 0 Å². The van der Waals surface area contributed by atoms with Crippen molar-refractivity contribution in [3.63, 3.8) is 0 Å². The van der Waals surface area contributed by atoms with E-state index >= 15 is 0 Å². The second-order valence-corrected chi connectivity index (χ2v) is 11.9. The molecule has 0 aliphatic heterocycles. The minimum atomic E-state index is -2.02. The molecule has 3 aromatic rings. The van der Waals surface area contributed by atoms with E-state index in [9.17, 15) is 0 Å². The van der Waals surface area contributed by atoms with E-state index in [-0.39, 0.29) is 0 Å². The molecule has 2 heteroatoms. The van der Waals surface area contributed by atoms with Gasteiger partial charge in [-0.1, -0.05) is 0 Å². The Hall–Kier alpha value is -1.43. The molecule has 124 valence electrons. The standard InChI is InChI=1S/C22H24BrP/c1-19(23)17-18-24(20-11-5-2-6-12-20,21-13-7-3-8-14-21)22-15-9-4-10-16-22/h2-16,19,24H,17-18H2,1H3. The molecule has 0 fully saturated rings. The Morgan fingerprint density at radius 2 is 1.00 bits per heavy atom. The molecule has 24 heavy (non-hydrogen) atoms. The Kier molecular flexibility index (Phi) is 5.87. The number of halogens is 1. The average molecular weight is 399 g/mol. The monoisotopic (exact) mass is 398 g/mol. The molecule has 0 amide bonds. The summed E-state index contributed by atoms with van der Waals surface area (Å²) in [6.45, 7) is 2.25. The van der Waals surface area contributed by atoms with E-state index in [2.05, 4.69) is 114 Å².